The van der Waals surface area contributed by atoms with E-state index in [0.717, 1.165) is 24.0 Å². The number of amides is 3. The Kier molecular flexibility index (Phi) is 8.58. The zero-order valence-electron chi connectivity index (χ0n) is 22.0. The number of rotatable bonds is 9. The number of carbonyl (C=O) groups is 3. The third kappa shape index (κ3) is 5.78. The highest BCUT2D eigenvalue weighted by Crippen LogP contribution is 2.37. The van der Waals surface area contributed by atoms with Crippen LogP contribution in [0.25, 0.3) is 5.70 Å². The summed E-state index contributed by atoms with van der Waals surface area (Å²) in [5.41, 5.74) is 4.32. The van der Waals surface area contributed by atoms with Crippen LogP contribution in [0, 0.1) is 6.92 Å². The van der Waals surface area contributed by atoms with Crippen molar-refractivity contribution in [1.29, 1.82) is 0 Å². The Labute approximate surface area is 223 Å². The fraction of sp³-hybridized carbons (Fsp3) is 0.258. The molecule has 0 aliphatic carbocycles. The number of ether oxygens (including phenoxy) is 1. The number of unbranched alkanes of at least 4 members (excludes halogenated alkanes) is 1. The first-order valence-electron chi connectivity index (χ1n) is 13.0. The van der Waals surface area contributed by atoms with E-state index < -0.39 is 12.0 Å². The number of hydrogen-bond acceptors (Lipinski definition) is 4. The van der Waals surface area contributed by atoms with Crippen molar-refractivity contribution in [3.63, 3.8) is 0 Å². The van der Waals surface area contributed by atoms with Crippen LogP contribution in [0.5, 0.6) is 0 Å². The smallest absolute Gasteiger partial charge is 0.338 e. The molecule has 3 amide bonds. The SMILES string of the molecule is CCCCN1C(=O)NC(c2cccc(NC(=O)c3ccccc3C)c2)C(C(=O)OCC)=C1c1ccccc1. The molecule has 1 aliphatic heterocycles. The second-order valence-electron chi connectivity index (χ2n) is 9.13. The summed E-state index contributed by atoms with van der Waals surface area (Å²) >= 11 is 0. The second-order valence-corrected chi connectivity index (χ2v) is 9.13. The summed E-state index contributed by atoms with van der Waals surface area (Å²) in [6.45, 7) is 6.36. The number of hydrogen-bond donors (Lipinski definition) is 2. The molecule has 1 aliphatic rings. The first-order chi connectivity index (χ1) is 18.4. The highest BCUT2D eigenvalue weighted by atomic mass is 16.5. The van der Waals surface area contributed by atoms with Crippen LogP contribution in [0.4, 0.5) is 10.5 Å². The summed E-state index contributed by atoms with van der Waals surface area (Å²) in [4.78, 5) is 41.5. The molecule has 0 bridgehead atoms. The summed E-state index contributed by atoms with van der Waals surface area (Å²) in [7, 11) is 0. The van der Waals surface area contributed by atoms with Crippen molar-refractivity contribution in [3.05, 3.63) is 107 Å². The van der Waals surface area contributed by atoms with Gasteiger partial charge in [-0.3, -0.25) is 9.69 Å². The fourth-order valence-corrected chi connectivity index (χ4v) is 4.59. The molecule has 4 rings (SSSR count). The molecule has 1 heterocycles. The Bertz CT molecular complexity index is 1350. The average molecular weight is 512 g/mol. The van der Waals surface area contributed by atoms with E-state index in [2.05, 4.69) is 17.6 Å². The van der Waals surface area contributed by atoms with E-state index in [-0.39, 0.29) is 18.5 Å². The third-order valence-electron chi connectivity index (χ3n) is 6.47. The van der Waals surface area contributed by atoms with Crippen LogP contribution >= 0.6 is 0 Å². The van der Waals surface area contributed by atoms with Crippen molar-refractivity contribution in [2.24, 2.45) is 0 Å². The molecule has 38 heavy (non-hydrogen) atoms. The van der Waals surface area contributed by atoms with Crippen molar-refractivity contribution >= 4 is 29.3 Å². The van der Waals surface area contributed by atoms with Crippen molar-refractivity contribution in [1.82, 2.24) is 10.2 Å². The molecule has 3 aromatic carbocycles. The summed E-state index contributed by atoms with van der Waals surface area (Å²) < 4.78 is 5.49. The van der Waals surface area contributed by atoms with Crippen LogP contribution < -0.4 is 10.6 Å². The van der Waals surface area contributed by atoms with Gasteiger partial charge >= 0.3 is 12.0 Å². The van der Waals surface area contributed by atoms with E-state index in [4.69, 9.17) is 4.74 Å². The molecule has 7 heteroatoms. The molecule has 1 unspecified atom stereocenters. The highest BCUT2D eigenvalue weighted by molar-refractivity contribution is 6.06. The van der Waals surface area contributed by atoms with Crippen LogP contribution in [0.15, 0.2) is 84.4 Å². The predicted octanol–water partition coefficient (Wildman–Crippen LogP) is 6.09. The van der Waals surface area contributed by atoms with E-state index in [0.29, 0.717) is 34.6 Å². The minimum atomic E-state index is -0.759. The fourth-order valence-electron chi connectivity index (χ4n) is 4.59. The Balaban J connectivity index is 1.79. The Morgan fingerprint density at radius 2 is 1.71 bits per heavy atom. The summed E-state index contributed by atoms with van der Waals surface area (Å²) in [6, 6.07) is 22.9. The molecule has 196 valence electrons. The van der Waals surface area contributed by atoms with Gasteiger partial charge in [-0.15, -0.1) is 0 Å². The molecule has 0 saturated heterocycles. The molecular formula is C31H33N3O4. The van der Waals surface area contributed by atoms with Crippen LogP contribution in [-0.4, -0.2) is 36.0 Å². The number of nitrogens with zero attached hydrogens (tertiary/aromatic N) is 1. The molecule has 0 aromatic heterocycles. The summed E-state index contributed by atoms with van der Waals surface area (Å²) in [6.07, 6.45) is 1.68. The van der Waals surface area contributed by atoms with E-state index in [9.17, 15) is 14.4 Å². The largest absolute Gasteiger partial charge is 0.463 e. The van der Waals surface area contributed by atoms with Gasteiger partial charge in [-0.1, -0.05) is 74.0 Å². The van der Waals surface area contributed by atoms with Crippen molar-refractivity contribution in [2.45, 2.75) is 39.7 Å². The molecule has 0 saturated carbocycles. The molecular weight excluding hydrogens is 478 g/mol. The number of nitrogens with one attached hydrogen (secondary N) is 2. The summed E-state index contributed by atoms with van der Waals surface area (Å²) in [5.74, 6) is -0.725. The van der Waals surface area contributed by atoms with Gasteiger partial charge in [0.25, 0.3) is 5.91 Å². The Morgan fingerprint density at radius 1 is 0.974 bits per heavy atom. The molecule has 1 atom stereocenters. The van der Waals surface area contributed by atoms with Gasteiger partial charge in [0.2, 0.25) is 0 Å². The first kappa shape index (κ1) is 26.7. The molecule has 7 nitrogen and oxygen atoms in total. The topological polar surface area (TPSA) is 87.7 Å². The number of anilines is 1. The minimum absolute atomic E-state index is 0.201. The second kappa shape index (κ2) is 12.2. The Morgan fingerprint density at radius 3 is 2.42 bits per heavy atom. The lowest BCUT2D eigenvalue weighted by molar-refractivity contribution is -0.138. The molecule has 2 N–H and O–H groups in total. The van der Waals surface area contributed by atoms with Crippen LogP contribution in [0.3, 0.4) is 0 Å². The summed E-state index contributed by atoms with van der Waals surface area (Å²) in [5, 5.41) is 5.96. The van der Waals surface area contributed by atoms with E-state index >= 15 is 0 Å². The maximum absolute atomic E-state index is 13.4. The lowest BCUT2D eigenvalue weighted by Gasteiger charge is -2.37. The third-order valence-corrected chi connectivity index (χ3v) is 6.47. The average Bonchev–Trinajstić information content (AvgIpc) is 2.92. The molecule has 0 spiro atoms. The zero-order valence-corrected chi connectivity index (χ0v) is 22.0. The number of carbonyl (C=O) groups excluding carboxylic acids is 3. The molecule has 0 fully saturated rings. The quantitative estimate of drug-likeness (QED) is 0.341. The standard InChI is InChI=1S/C31H33N3O4/c1-4-6-19-34-28(22-14-8-7-9-15-22)26(30(36)38-5-2)27(33-31(34)37)23-16-12-17-24(20-23)32-29(35)25-18-11-10-13-21(25)3/h7-18,20,27H,4-6,19H2,1-3H3,(H,32,35)(H,33,37). The number of benzene rings is 3. The van der Waals surface area contributed by atoms with Gasteiger partial charge in [-0.05, 0) is 55.2 Å². The lowest BCUT2D eigenvalue weighted by atomic mass is 9.91. The normalized spacial score (nSPS) is 15.2. The molecule has 0 radical (unpaired) electrons. The van der Waals surface area contributed by atoms with Crippen LogP contribution in [0.2, 0.25) is 0 Å². The van der Waals surface area contributed by atoms with E-state index in [1.54, 1.807) is 36.1 Å². The van der Waals surface area contributed by atoms with E-state index in [1.807, 2.05) is 61.5 Å². The maximum Gasteiger partial charge on any atom is 0.338 e. The van der Waals surface area contributed by atoms with Crippen LogP contribution in [0.1, 0.15) is 59.8 Å². The number of esters is 1. The maximum atomic E-state index is 13.4. The lowest BCUT2D eigenvalue weighted by Crippen LogP contribution is -2.48. The minimum Gasteiger partial charge on any atom is -0.463 e. The van der Waals surface area contributed by atoms with Gasteiger partial charge < -0.3 is 15.4 Å². The monoisotopic (exact) mass is 511 g/mol. The van der Waals surface area contributed by atoms with Crippen molar-refractivity contribution < 1.29 is 19.1 Å². The van der Waals surface area contributed by atoms with Crippen LogP contribution in [-0.2, 0) is 9.53 Å². The Hall–Kier alpha value is -4.39. The van der Waals surface area contributed by atoms with Gasteiger partial charge in [-0.25, -0.2) is 9.59 Å². The van der Waals surface area contributed by atoms with Gasteiger partial charge in [0.05, 0.1) is 23.9 Å². The first-order valence-corrected chi connectivity index (χ1v) is 13.0. The number of urea groups is 1. The molecule has 3 aromatic rings. The van der Waals surface area contributed by atoms with Gasteiger partial charge in [0.1, 0.15) is 0 Å². The zero-order chi connectivity index (χ0) is 27.1. The highest BCUT2D eigenvalue weighted by Gasteiger charge is 2.38. The van der Waals surface area contributed by atoms with E-state index in [1.165, 1.54) is 0 Å². The van der Waals surface area contributed by atoms with Gasteiger partial charge in [-0.2, -0.15) is 0 Å². The van der Waals surface area contributed by atoms with Crippen molar-refractivity contribution in [2.75, 3.05) is 18.5 Å². The van der Waals surface area contributed by atoms with Crippen molar-refractivity contribution in [3.8, 4) is 0 Å². The predicted molar refractivity (Wildman–Crippen MR) is 148 cm³/mol. The van der Waals surface area contributed by atoms with Gasteiger partial charge in [0, 0.05) is 17.8 Å². The van der Waals surface area contributed by atoms with Gasteiger partial charge in [0.15, 0.2) is 0 Å². The number of aryl methyl sites for hydroxylation is 1.